The average Bonchev–Trinajstić information content (AvgIpc) is 3.41. The highest BCUT2D eigenvalue weighted by Gasteiger charge is 2.50. The van der Waals surface area contributed by atoms with Crippen LogP contribution in [0.2, 0.25) is 0 Å². The van der Waals surface area contributed by atoms with Crippen LogP contribution in [0.1, 0.15) is 32.1 Å². The Bertz CT molecular complexity index is 1970. The monoisotopic (exact) mass is 1130 g/mol. The number of fused-ring (bicyclic) bond motifs is 2. The van der Waals surface area contributed by atoms with Crippen molar-refractivity contribution in [2.45, 2.75) is 155 Å². The van der Waals surface area contributed by atoms with Gasteiger partial charge < -0.3 is 176 Å². The number of hydrogen-bond donors (Lipinski definition) is 26. The Morgan fingerprint density at radius 1 is 0.286 bits per heavy atom. The molecule has 2 fully saturated rings. The molecule has 5 heterocycles. The van der Waals surface area contributed by atoms with Crippen molar-refractivity contribution < 1.29 is 170 Å². The van der Waals surface area contributed by atoms with Crippen LogP contribution >= 0.6 is 0 Å². The van der Waals surface area contributed by atoms with Gasteiger partial charge in [0.15, 0.2) is 70.2 Å². The number of rotatable bonds is 12. The molecule has 0 saturated carbocycles. The number of aliphatic hydroxyl groups is 25. The summed E-state index contributed by atoms with van der Waals surface area (Å²) in [5.41, 5.74) is 5.62. The predicted molar refractivity (Wildman–Crippen MR) is 242 cm³/mol. The van der Waals surface area contributed by atoms with E-state index in [2.05, 4.69) is 0 Å². The van der Waals surface area contributed by atoms with Gasteiger partial charge >= 0.3 is 0 Å². The summed E-state index contributed by atoms with van der Waals surface area (Å²) in [7, 11) is 0. The van der Waals surface area contributed by atoms with Gasteiger partial charge in [0.2, 0.25) is 31.5 Å². The van der Waals surface area contributed by atoms with Gasteiger partial charge in [-0.3, -0.25) is 0 Å². The minimum atomic E-state index is -2.83. The van der Waals surface area contributed by atoms with Crippen LogP contribution in [0.4, 0.5) is 0 Å². The molecule has 0 amide bonds. The number of hydrogen-bond acceptors (Lipinski definition) is 35. The molecule has 20 atom stereocenters. The summed E-state index contributed by atoms with van der Waals surface area (Å²) in [5.74, 6) is -15.3. The second-order valence-corrected chi connectivity index (χ2v) is 17.0. The van der Waals surface area contributed by atoms with Gasteiger partial charge in [-0.2, -0.15) is 0 Å². The zero-order chi connectivity index (χ0) is 58.2. The summed E-state index contributed by atoms with van der Waals surface area (Å²) in [4.78, 5) is 0. The SMILES string of the molecule is NCCC1OC2OC(CO)C(OC(O)/C(O)=C(\O)C(CCO)OC3OC(CO)C(OC(O)/C(O)=C(/O)C(CCO)OC(O)/C(O)=C(\O)C(CCO)OC(O)/C(O)=C(/O)C(CCO)OC(O)/C(O)=C/1O)C(O)C3O)C(O)C2O. The summed E-state index contributed by atoms with van der Waals surface area (Å²) in [6.45, 7) is -6.54. The first-order valence-corrected chi connectivity index (χ1v) is 23.3. The molecule has 35 nitrogen and oxygen atoms in total. The van der Waals surface area contributed by atoms with Crippen molar-refractivity contribution in [1.29, 1.82) is 0 Å². The van der Waals surface area contributed by atoms with Crippen LogP contribution in [0.25, 0.3) is 0 Å². The maximum absolute atomic E-state index is 11.1. The van der Waals surface area contributed by atoms with Gasteiger partial charge in [0.05, 0.1) is 13.2 Å². The molecular weight excluding hydrogens is 1060 g/mol. The fourth-order valence-electron chi connectivity index (χ4n) is 7.50. The number of aliphatic hydroxyl groups excluding tert-OH is 25. The Labute approximate surface area is 434 Å². The van der Waals surface area contributed by atoms with Gasteiger partial charge in [0, 0.05) is 52.1 Å². The lowest BCUT2D eigenvalue weighted by molar-refractivity contribution is -0.331. The van der Waals surface area contributed by atoms with Crippen molar-refractivity contribution in [3.63, 3.8) is 0 Å². The zero-order valence-electron chi connectivity index (χ0n) is 40.5. The normalized spacial score (nSPS) is 43.0. The largest absolute Gasteiger partial charge is 0.506 e. The summed E-state index contributed by atoms with van der Waals surface area (Å²) in [6, 6.07) is 0. The third-order valence-corrected chi connectivity index (χ3v) is 11.7. The quantitative estimate of drug-likeness (QED) is 0.0863. The molecule has 448 valence electrons. The van der Waals surface area contributed by atoms with Gasteiger partial charge in [-0.25, -0.2) is 0 Å². The van der Waals surface area contributed by atoms with Gasteiger partial charge in [0.1, 0.15) is 79.4 Å². The molecule has 77 heavy (non-hydrogen) atoms. The fraction of sp³-hybridized carbons (Fsp3) is 0.762. The topological polar surface area (TPSA) is 615 Å². The first-order chi connectivity index (χ1) is 36.3. The molecule has 2 saturated heterocycles. The molecule has 0 aromatic heterocycles. The highest BCUT2D eigenvalue weighted by atomic mass is 16.7. The summed E-state index contributed by atoms with van der Waals surface area (Å²) >= 11 is 0. The van der Waals surface area contributed by atoms with Crippen molar-refractivity contribution in [2.75, 3.05) is 46.2 Å². The molecule has 0 aromatic carbocycles. The lowest BCUT2D eigenvalue weighted by Crippen LogP contribution is -2.61. The van der Waals surface area contributed by atoms with Crippen LogP contribution in [0.15, 0.2) is 57.6 Å². The highest BCUT2D eigenvalue weighted by Crippen LogP contribution is 2.33. The van der Waals surface area contributed by atoms with E-state index >= 15 is 0 Å². The molecule has 0 aliphatic carbocycles. The average molecular weight is 1130 g/mol. The predicted octanol–water partition coefficient (Wildman–Crippen LogP) is -7.32. The Balaban J connectivity index is 2.20. The zero-order valence-corrected chi connectivity index (χ0v) is 40.5. The maximum atomic E-state index is 11.1. The lowest BCUT2D eigenvalue weighted by atomic mass is 9.98. The Morgan fingerprint density at radius 2 is 0.519 bits per heavy atom. The second-order valence-electron chi connectivity index (χ2n) is 17.0. The minimum Gasteiger partial charge on any atom is -0.506 e. The van der Waals surface area contributed by atoms with Crippen molar-refractivity contribution in [3.05, 3.63) is 57.6 Å². The molecule has 0 radical (unpaired) electrons. The van der Waals surface area contributed by atoms with Crippen LogP contribution in [0, 0.1) is 0 Å². The van der Waals surface area contributed by atoms with Crippen LogP contribution in [0.5, 0.6) is 0 Å². The van der Waals surface area contributed by atoms with Crippen molar-refractivity contribution in [2.24, 2.45) is 5.73 Å². The van der Waals surface area contributed by atoms with Gasteiger partial charge in [-0.1, -0.05) is 0 Å². The lowest BCUT2D eigenvalue weighted by Gasteiger charge is -2.43. The van der Waals surface area contributed by atoms with Crippen LogP contribution in [-0.2, 0) is 42.6 Å². The van der Waals surface area contributed by atoms with Crippen molar-refractivity contribution >= 4 is 0 Å². The third-order valence-electron chi connectivity index (χ3n) is 11.7. The molecule has 20 unspecified atom stereocenters. The molecular formula is C42H71NO34. The van der Waals surface area contributed by atoms with Crippen molar-refractivity contribution in [1.82, 2.24) is 0 Å². The van der Waals surface area contributed by atoms with Gasteiger partial charge in [0.25, 0.3) is 0 Å². The van der Waals surface area contributed by atoms with Crippen molar-refractivity contribution in [3.8, 4) is 0 Å². The first-order valence-electron chi connectivity index (χ1n) is 23.3. The molecule has 5 aliphatic rings. The van der Waals surface area contributed by atoms with E-state index in [-0.39, 0.29) is 0 Å². The summed E-state index contributed by atoms with van der Waals surface area (Å²) in [6.07, 6.45) is -49.8. The fourth-order valence-corrected chi connectivity index (χ4v) is 7.50. The van der Waals surface area contributed by atoms with E-state index in [0.717, 1.165) is 0 Å². The molecule has 35 heteroatoms. The standard InChI is InChI=1S/C42H71NO34/c43-6-1-13-20(50)27(57)36(64)69-14(2-7-44)21(51)28(58)37(65)70-15(3-8-45)22(52)29(59)38(66)71-16(4-9-46)23(53)30(60)39(67)76-35-19(12-49)75-42(33(63)26(35)56)73-17(5-10-47)24(54)31(61)40(68)77-34-18(11-48)74-41(72-13)32(62)25(34)55/h13-19,25-26,32-42,44-68H,1-12,43H2/b27-20+,28-21-,29-22+,30-23-,31-24+. The van der Waals surface area contributed by atoms with E-state index in [4.69, 9.17) is 48.4 Å². The van der Waals surface area contributed by atoms with Crippen LogP contribution < -0.4 is 5.73 Å². The van der Waals surface area contributed by atoms with Crippen LogP contribution in [-0.4, -0.2) is 297 Å². The molecule has 5 rings (SSSR count). The smallest absolute Gasteiger partial charge is 0.218 e. The summed E-state index contributed by atoms with van der Waals surface area (Å²) < 4.78 is 47.4. The molecule has 0 spiro atoms. The minimum absolute atomic E-state index is 0.417. The first kappa shape index (κ1) is 67.0. The Hall–Kier alpha value is -4.30. The molecule has 0 aromatic rings. The van der Waals surface area contributed by atoms with E-state index in [1.165, 1.54) is 0 Å². The van der Waals surface area contributed by atoms with E-state index in [1.807, 2.05) is 0 Å². The molecule has 27 N–H and O–H groups in total. The summed E-state index contributed by atoms with van der Waals surface area (Å²) in [5, 5.41) is 266. The second kappa shape index (κ2) is 31.5. The molecule has 5 aliphatic heterocycles. The van der Waals surface area contributed by atoms with Gasteiger partial charge in [-0.15, -0.1) is 0 Å². The number of ether oxygens (including phenoxy) is 9. The Morgan fingerprint density at radius 3 is 0.753 bits per heavy atom. The molecule has 4 bridgehead atoms. The highest BCUT2D eigenvalue weighted by molar-refractivity contribution is 5.14. The van der Waals surface area contributed by atoms with E-state index in [9.17, 15) is 128 Å². The van der Waals surface area contributed by atoms with E-state index in [0.29, 0.717) is 0 Å². The van der Waals surface area contributed by atoms with E-state index in [1.54, 1.807) is 0 Å². The van der Waals surface area contributed by atoms with E-state index < -0.39 is 259 Å². The van der Waals surface area contributed by atoms with Crippen LogP contribution in [0.3, 0.4) is 0 Å². The van der Waals surface area contributed by atoms with Gasteiger partial charge in [-0.05, 0) is 13.0 Å². The Kier molecular flexibility index (Phi) is 27.4. The maximum Gasteiger partial charge on any atom is 0.218 e. The third kappa shape index (κ3) is 17.1. The number of nitrogens with two attached hydrogens (primary N) is 1.